The third kappa shape index (κ3) is 3.49. The molecule has 0 saturated heterocycles. The van der Waals surface area contributed by atoms with Crippen molar-refractivity contribution in [2.75, 3.05) is 7.11 Å². The maximum Gasteiger partial charge on any atom is 0.274 e. The smallest absolute Gasteiger partial charge is 0.274 e. The first-order valence-electron chi connectivity index (χ1n) is 9.70. The first-order valence-corrected chi connectivity index (χ1v) is 10.5. The van der Waals surface area contributed by atoms with Crippen molar-refractivity contribution < 1.29 is 9.47 Å². The van der Waals surface area contributed by atoms with Gasteiger partial charge in [0.05, 0.1) is 28.8 Å². The van der Waals surface area contributed by atoms with Crippen LogP contribution in [0.25, 0.3) is 22.1 Å². The monoisotopic (exact) mass is 408 g/mol. The molecular formula is C23H24N2O3S. The Labute approximate surface area is 173 Å². The Morgan fingerprint density at radius 3 is 2.66 bits per heavy atom. The predicted molar refractivity (Wildman–Crippen MR) is 118 cm³/mol. The Bertz CT molecular complexity index is 1320. The van der Waals surface area contributed by atoms with Gasteiger partial charge < -0.3 is 9.47 Å². The molecule has 0 fully saturated rings. The minimum absolute atomic E-state index is 0.0466. The van der Waals surface area contributed by atoms with Gasteiger partial charge in [-0.3, -0.25) is 4.79 Å². The van der Waals surface area contributed by atoms with Crippen LogP contribution in [0.4, 0.5) is 0 Å². The highest BCUT2D eigenvalue weighted by atomic mass is 32.1. The topological polar surface area (TPSA) is 52.8 Å². The molecule has 0 aliphatic heterocycles. The summed E-state index contributed by atoms with van der Waals surface area (Å²) >= 11 is 1.40. The van der Waals surface area contributed by atoms with E-state index in [0.717, 1.165) is 28.6 Å². The van der Waals surface area contributed by atoms with Gasteiger partial charge in [-0.05, 0) is 74.2 Å². The molecule has 2 aromatic heterocycles. The maximum absolute atomic E-state index is 13.1. The van der Waals surface area contributed by atoms with Crippen LogP contribution in [0.15, 0.2) is 35.1 Å². The molecule has 4 aromatic rings. The summed E-state index contributed by atoms with van der Waals surface area (Å²) in [4.78, 5) is 18.4. The Kier molecular flexibility index (Phi) is 5.04. The van der Waals surface area contributed by atoms with Crippen molar-refractivity contribution in [3.63, 3.8) is 0 Å². The van der Waals surface area contributed by atoms with E-state index in [0.29, 0.717) is 21.0 Å². The minimum Gasteiger partial charge on any atom is -0.493 e. The highest BCUT2D eigenvalue weighted by Gasteiger charge is 2.13. The Morgan fingerprint density at radius 1 is 1.17 bits per heavy atom. The van der Waals surface area contributed by atoms with Gasteiger partial charge in [0.25, 0.3) is 5.56 Å². The molecule has 1 atom stereocenters. The number of imidazole rings is 1. The highest BCUT2D eigenvalue weighted by Crippen LogP contribution is 2.29. The van der Waals surface area contributed by atoms with Crippen LogP contribution >= 0.6 is 11.3 Å². The van der Waals surface area contributed by atoms with Gasteiger partial charge in [0.2, 0.25) is 0 Å². The highest BCUT2D eigenvalue weighted by molar-refractivity contribution is 7.15. The third-order valence-electron chi connectivity index (χ3n) is 5.24. The Balaban J connectivity index is 1.81. The van der Waals surface area contributed by atoms with Crippen LogP contribution in [-0.2, 0) is 0 Å². The summed E-state index contributed by atoms with van der Waals surface area (Å²) in [7, 11) is 1.62. The van der Waals surface area contributed by atoms with E-state index in [-0.39, 0.29) is 11.7 Å². The number of benzene rings is 2. The van der Waals surface area contributed by atoms with Crippen molar-refractivity contribution in [3.05, 3.63) is 61.9 Å². The number of aromatic nitrogens is 2. The van der Waals surface area contributed by atoms with E-state index >= 15 is 0 Å². The van der Waals surface area contributed by atoms with Gasteiger partial charge in [-0.2, -0.15) is 0 Å². The van der Waals surface area contributed by atoms with Crippen LogP contribution in [0.2, 0.25) is 0 Å². The molecule has 0 aliphatic rings. The van der Waals surface area contributed by atoms with Crippen LogP contribution in [0.3, 0.4) is 0 Å². The van der Waals surface area contributed by atoms with Crippen LogP contribution in [0.1, 0.15) is 37.0 Å². The number of hydrogen-bond donors (Lipinski definition) is 0. The standard InChI is InChI=1S/C23H24N2O3S/c1-6-15(4)28-19-8-7-16(11-20(19)27-5)12-21-22(26)25-18-10-14(3)13(2)9-17(18)24-23(25)29-21/h7-12,15H,6H2,1-5H3/b21-12-/t15-/m1/s1. The number of methoxy groups -OCH3 is 1. The summed E-state index contributed by atoms with van der Waals surface area (Å²) < 4.78 is 13.7. The van der Waals surface area contributed by atoms with Gasteiger partial charge in [-0.15, -0.1) is 0 Å². The van der Waals surface area contributed by atoms with Crippen molar-refractivity contribution in [1.29, 1.82) is 0 Å². The van der Waals surface area contributed by atoms with Crippen molar-refractivity contribution in [2.24, 2.45) is 0 Å². The molecule has 6 heteroatoms. The molecule has 0 N–H and O–H groups in total. The number of fused-ring (bicyclic) bond motifs is 3. The largest absolute Gasteiger partial charge is 0.493 e. The minimum atomic E-state index is -0.0466. The molecule has 150 valence electrons. The average Bonchev–Trinajstić information content (AvgIpc) is 3.19. The summed E-state index contributed by atoms with van der Waals surface area (Å²) in [5.41, 5.74) is 4.88. The van der Waals surface area contributed by atoms with Gasteiger partial charge in [0, 0.05) is 0 Å². The molecule has 0 bridgehead atoms. The quantitative estimate of drug-likeness (QED) is 0.495. The summed E-state index contributed by atoms with van der Waals surface area (Å²) in [6.07, 6.45) is 2.90. The number of thiazole rings is 1. The molecule has 0 saturated carbocycles. The summed E-state index contributed by atoms with van der Waals surface area (Å²) in [5.74, 6) is 1.36. The lowest BCUT2D eigenvalue weighted by Crippen LogP contribution is -2.22. The van der Waals surface area contributed by atoms with E-state index in [9.17, 15) is 4.79 Å². The Morgan fingerprint density at radius 2 is 1.93 bits per heavy atom. The molecule has 29 heavy (non-hydrogen) atoms. The van der Waals surface area contributed by atoms with E-state index in [2.05, 4.69) is 18.8 Å². The maximum atomic E-state index is 13.1. The van der Waals surface area contributed by atoms with Crippen LogP contribution < -0.4 is 19.6 Å². The van der Waals surface area contributed by atoms with E-state index in [1.54, 1.807) is 11.5 Å². The molecule has 4 rings (SSSR count). The molecular weight excluding hydrogens is 384 g/mol. The normalized spacial score (nSPS) is 13.3. The summed E-state index contributed by atoms with van der Waals surface area (Å²) in [6, 6.07) is 9.79. The predicted octanol–water partition coefficient (Wildman–Crippen LogP) is 4.26. The zero-order valence-corrected chi connectivity index (χ0v) is 18.1. The van der Waals surface area contributed by atoms with Crippen molar-refractivity contribution in [3.8, 4) is 11.5 Å². The fourth-order valence-corrected chi connectivity index (χ4v) is 4.23. The van der Waals surface area contributed by atoms with Gasteiger partial charge in [0.15, 0.2) is 16.5 Å². The molecule has 2 aromatic carbocycles. The van der Waals surface area contributed by atoms with Gasteiger partial charge in [0.1, 0.15) is 0 Å². The first-order chi connectivity index (χ1) is 13.9. The second kappa shape index (κ2) is 7.52. The second-order valence-electron chi connectivity index (χ2n) is 7.32. The fourth-order valence-electron chi connectivity index (χ4n) is 3.24. The first kappa shape index (κ1) is 19.5. The van der Waals surface area contributed by atoms with Crippen molar-refractivity contribution >= 4 is 33.4 Å². The Hall–Kier alpha value is -2.86. The lowest BCUT2D eigenvalue weighted by molar-refractivity contribution is 0.207. The number of rotatable bonds is 5. The van der Waals surface area contributed by atoms with Gasteiger partial charge in [-0.25, -0.2) is 9.38 Å². The van der Waals surface area contributed by atoms with Crippen molar-refractivity contribution in [1.82, 2.24) is 9.38 Å². The molecule has 0 amide bonds. The molecule has 0 spiro atoms. The van der Waals surface area contributed by atoms with E-state index < -0.39 is 0 Å². The number of ether oxygens (including phenoxy) is 2. The van der Waals surface area contributed by atoms with Gasteiger partial charge >= 0.3 is 0 Å². The van der Waals surface area contributed by atoms with Gasteiger partial charge in [-0.1, -0.05) is 24.3 Å². The number of aryl methyl sites for hydroxylation is 2. The lowest BCUT2D eigenvalue weighted by atomic mass is 10.1. The summed E-state index contributed by atoms with van der Waals surface area (Å²) in [6.45, 7) is 8.21. The SMILES string of the molecule is CC[C@@H](C)Oc1ccc(/C=c2\sc3nc4cc(C)c(C)cc4n3c2=O)cc1OC. The molecule has 0 unspecified atom stereocenters. The third-order valence-corrected chi connectivity index (χ3v) is 6.21. The second-order valence-corrected chi connectivity index (χ2v) is 8.33. The zero-order valence-electron chi connectivity index (χ0n) is 17.3. The van der Waals surface area contributed by atoms with Crippen LogP contribution in [0.5, 0.6) is 11.5 Å². The molecule has 5 nitrogen and oxygen atoms in total. The average molecular weight is 409 g/mol. The zero-order chi connectivity index (χ0) is 20.7. The molecule has 0 aliphatic carbocycles. The van der Waals surface area contributed by atoms with Crippen LogP contribution in [-0.4, -0.2) is 22.6 Å². The fraction of sp³-hybridized carbons (Fsp3) is 0.304. The summed E-state index contributed by atoms with van der Waals surface area (Å²) in [5, 5.41) is 0. The van der Waals surface area contributed by atoms with E-state index in [1.165, 1.54) is 16.9 Å². The number of hydrogen-bond acceptors (Lipinski definition) is 5. The van der Waals surface area contributed by atoms with Crippen LogP contribution in [0, 0.1) is 13.8 Å². The number of nitrogens with zero attached hydrogens (tertiary/aromatic N) is 2. The molecule has 2 heterocycles. The van der Waals surface area contributed by atoms with E-state index in [4.69, 9.17) is 9.47 Å². The van der Waals surface area contributed by atoms with E-state index in [1.807, 2.05) is 50.3 Å². The lowest BCUT2D eigenvalue weighted by Gasteiger charge is -2.15. The molecule has 0 radical (unpaired) electrons. The van der Waals surface area contributed by atoms with Crippen molar-refractivity contribution in [2.45, 2.75) is 40.2 Å².